The number of aryl methyl sites for hydroxylation is 1. The molecule has 1 aromatic carbocycles. The molecule has 0 aliphatic rings. The topological polar surface area (TPSA) is 64.7 Å². The summed E-state index contributed by atoms with van der Waals surface area (Å²) in [6, 6.07) is 12.9. The smallest absolute Gasteiger partial charge is 0.341 e. The van der Waals surface area contributed by atoms with Crippen molar-refractivity contribution in [2.75, 3.05) is 14.2 Å². The number of carbonyl (C=O) groups excluding carboxylic acids is 2. The van der Waals surface area contributed by atoms with Crippen LogP contribution in [0.4, 0.5) is 0 Å². The minimum atomic E-state index is -0.452. The predicted molar refractivity (Wildman–Crippen MR) is 96.4 cm³/mol. The van der Waals surface area contributed by atoms with Gasteiger partial charge in [-0.3, -0.25) is 4.79 Å². The molecule has 0 radical (unpaired) electrons. The minimum absolute atomic E-state index is 0.127. The first kappa shape index (κ1) is 17.5. The molecule has 0 saturated heterocycles. The Morgan fingerprint density at radius 3 is 2.42 bits per heavy atom. The molecule has 0 N–H and O–H groups in total. The van der Waals surface area contributed by atoms with E-state index < -0.39 is 5.97 Å². The highest BCUT2D eigenvalue weighted by molar-refractivity contribution is 5.94. The van der Waals surface area contributed by atoms with Crippen molar-refractivity contribution in [3.05, 3.63) is 77.5 Å². The van der Waals surface area contributed by atoms with E-state index >= 15 is 0 Å². The first-order valence-corrected chi connectivity index (χ1v) is 8.16. The van der Waals surface area contributed by atoms with Crippen LogP contribution in [0.25, 0.3) is 5.69 Å². The minimum Gasteiger partial charge on any atom is -0.465 e. The largest absolute Gasteiger partial charge is 0.465 e. The molecule has 1 amide bonds. The Hall–Kier alpha value is -3.28. The van der Waals surface area contributed by atoms with Gasteiger partial charge in [0.05, 0.1) is 13.7 Å². The van der Waals surface area contributed by atoms with Gasteiger partial charge in [-0.2, -0.15) is 0 Å². The second-order valence-corrected chi connectivity index (χ2v) is 5.97. The Morgan fingerprint density at radius 1 is 1.15 bits per heavy atom. The van der Waals surface area contributed by atoms with Crippen molar-refractivity contribution in [1.29, 1.82) is 0 Å². The van der Waals surface area contributed by atoms with Crippen LogP contribution in [-0.2, 0) is 11.3 Å². The summed E-state index contributed by atoms with van der Waals surface area (Å²) in [4.78, 5) is 25.8. The number of nitrogens with zero attached hydrogens (tertiary/aromatic N) is 2. The van der Waals surface area contributed by atoms with Crippen molar-refractivity contribution in [2.24, 2.45) is 0 Å². The van der Waals surface area contributed by atoms with Crippen LogP contribution in [-0.4, -0.2) is 35.5 Å². The summed E-state index contributed by atoms with van der Waals surface area (Å²) in [5.74, 6) is 0.427. The number of benzene rings is 1. The number of aromatic nitrogens is 1. The highest BCUT2D eigenvalue weighted by atomic mass is 16.5. The predicted octanol–water partition coefficient (Wildman–Crippen LogP) is 3.44. The highest BCUT2D eigenvalue weighted by Gasteiger charge is 2.18. The molecule has 3 rings (SSSR count). The van der Waals surface area contributed by atoms with E-state index in [-0.39, 0.29) is 12.5 Å². The average molecular weight is 352 g/mol. The standard InChI is InChI=1S/C20H20N2O4/c1-14-18(20(24)25-3)12-17(26-14)13-21(2)19(23)15-6-8-16(9-7-15)22-10-4-5-11-22/h4-12H,13H2,1-3H3. The van der Waals surface area contributed by atoms with Gasteiger partial charge in [-0.15, -0.1) is 0 Å². The number of ether oxygens (including phenoxy) is 1. The van der Waals surface area contributed by atoms with E-state index in [0.29, 0.717) is 22.6 Å². The van der Waals surface area contributed by atoms with Crippen LogP contribution in [0.3, 0.4) is 0 Å². The molecule has 0 aliphatic carbocycles. The first-order chi connectivity index (χ1) is 12.5. The second-order valence-electron chi connectivity index (χ2n) is 5.97. The number of hydrogen-bond acceptors (Lipinski definition) is 4. The maximum Gasteiger partial charge on any atom is 0.341 e. The van der Waals surface area contributed by atoms with Crippen LogP contribution in [0.5, 0.6) is 0 Å². The molecule has 6 nitrogen and oxygen atoms in total. The lowest BCUT2D eigenvalue weighted by atomic mass is 10.1. The van der Waals surface area contributed by atoms with E-state index in [1.807, 2.05) is 41.2 Å². The van der Waals surface area contributed by atoms with Crippen molar-refractivity contribution in [2.45, 2.75) is 13.5 Å². The second kappa shape index (κ2) is 7.31. The van der Waals surface area contributed by atoms with Gasteiger partial charge < -0.3 is 18.6 Å². The van der Waals surface area contributed by atoms with Crippen molar-refractivity contribution < 1.29 is 18.7 Å². The van der Waals surface area contributed by atoms with E-state index in [9.17, 15) is 9.59 Å². The van der Waals surface area contributed by atoms with Gasteiger partial charge in [0.2, 0.25) is 0 Å². The first-order valence-electron chi connectivity index (χ1n) is 8.16. The van der Waals surface area contributed by atoms with Gasteiger partial charge in [0.25, 0.3) is 5.91 Å². The number of methoxy groups -OCH3 is 1. The lowest BCUT2D eigenvalue weighted by molar-refractivity contribution is 0.0598. The van der Waals surface area contributed by atoms with Gasteiger partial charge in [-0.25, -0.2) is 4.79 Å². The van der Waals surface area contributed by atoms with Crippen LogP contribution in [0.2, 0.25) is 0 Å². The van der Waals surface area contributed by atoms with E-state index in [1.54, 1.807) is 37.1 Å². The fraction of sp³-hybridized carbons (Fsp3) is 0.200. The summed E-state index contributed by atoms with van der Waals surface area (Å²) in [5, 5.41) is 0. The third-order valence-corrected chi connectivity index (χ3v) is 4.13. The van der Waals surface area contributed by atoms with Gasteiger partial charge in [-0.05, 0) is 49.4 Å². The quantitative estimate of drug-likeness (QED) is 0.660. The van der Waals surface area contributed by atoms with E-state index in [1.165, 1.54) is 7.11 Å². The van der Waals surface area contributed by atoms with Gasteiger partial charge in [0, 0.05) is 30.7 Å². The molecular weight excluding hydrogens is 332 g/mol. The van der Waals surface area contributed by atoms with Crippen LogP contribution in [0.15, 0.2) is 59.3 Å². The molecule has 0 unspecified atom stereocenters. The third kappa shape index (κ3) is 3.54. The Balaban J connectivity index is 1.71. The number of furan rings is 1. The summed E-state index contributed by atoms with van der Waals surface area (Å²) >= 11 is 0. The Bertz CT molecular complexity index is 908. The van der Waals surface area contributed by atoms with Crippen molar-refractivity contribution in [3.8, 4) is 5.69 Å². The summed E-state index contributed by atoms with van der Waals surface area (Å²) in [5.41, 5.74) is 1.94. The zero-order valence-corrected chi connectivity index (χ0v) is 14.9. The Labute approximate surface area is 151 Å². The molecule has 0 aliphatic heterocycles. The summed E-state index contributed by atoms with van der Waals surface area (Å²) in [6.45, 7) is 1.95. The van der Waals surface area contributed by atoms with Gasteiger partial charge in [-0.1, -0.05) is 0 Å². The molecule has 0 bridgehead atoms. The van der Waals surface area contributed by atoms with Crippen LogP contribution >= 0.6 is 0 Å². The number of carbonyl (C=O) groups is 2. The fourth-order valence-electron chi connectivity index (χ4n) is 2.74. The van der Waals surface area contributed by atoms with Crippen molar-refractivity contribution >= 4 is 11.9 Å². The normalized spacial score (nSPS) is 10.6. The molecule has 0 saturated carbocycles. The highest BCUT2D eigenvalue weighted by Crippen LogP contribution is 2.18. The molecule has 6 heteroatoms. The van der Waals surface area contributed by atoms with Crippen LogP contribution < -0.4 is 0 Å². The molecule has 26 heavy (non-hydrogen) atoms. The maximum absolute atomic E-state index is 12.6. The van der Waals surface area contributed by atoms with Gasteiger partial charge in [0.1, 0.15) is 17.1 Å². The fourth-order valence-corrected chi connectivity index (χ4v) is 2.74. The molecule has 0 atom stereocenters. The summed E-state index contributed by atoms with van der Waals surface area (Å²) < 4.78 is 12.2. The zero-order chi connectivity index (χ0) is 18.7. The van der Waals surface area contributed by atoms with Crippen molar-refractivity contribution in [3.63, 3.8) is 0 Å². The van der Waals surface area contributed by atoms with Crippen molar-refractivity contribution in [1.82, 2.24) is 9.47 Å². The summed E-state index contributed by atoms with van der Waals surface area (Å²) in [7, 11) is 3.01. The monoisotopic (exact) mass is 352 g/mol. The Morgan fingerprint density at radius 2 is 1.81 bits per heavy atom. The molecule has 0 fully saturated rings. The number of esters is 1. The third-order valence-electron chi connectivity index (χ3n) is 4.13. The van der Waals surface area contributed by atoms with E-state index in [0.717, 1.165) is 5.69 Å². The van der Waals surface area contributed by atoms with E-state index in [2.05, 4.69) is 0 Å². The number of amides is 1. The average Bonchev–Trinajstić information content (AvgIpc) is 3.30. The van der Waals surface area contributed by atoms with Crippen LogP contribution in [0, 0.1) is 6.92 Å². The molecule has 0 spiro atoms. The van der Waals surface area contributed by atoms with Gasteiger partial charge in [0.15, 0.2) is 0 Å². The number of hydrogen-bond donors (Lipinski definition) is 0. The van der Waals surface area contributed by atoms with Crippen LogP contribution in [0.1, 0.15) is 32.2 Å². The van der Waals surface area contributed by atoms with Gasteiger partial charge >= 0.3 is 5.97 Å². The number of rotatable bonds is 5. The Kier molecular flexibility index (Phi) is 4.93. The molecule has 2 aromatic heterocycles. The lowest BCUT2D eigenvalue weighted by Crippen LogP contribution is -2.26. The maximum atomic E-state index is 12.6. The molecule has 3 aromatic rings. The SMILES string of the molecule is COC(=O)c1cc(CN(C)C(=O)c2ccc(-n3cccc3)cc2)oc1C. The summed E-state index contributed by atoms with van der Waals surface area (Å²) in [6.07, 6.45) is 3.89. The van der Waals surface area contributed by atoms with E-state index in [4.69, 9.17) is 9.15 Å². The lowest BCUT2D eigenvalue weighted by Gasteiger charge is -2.16. The molecular formula is C20H20N2O4. The molecule has 2 heterocycles. The molecule has 134 valence electrons. The zero-order valence-electron chi connectivity index (χ0n) is 14.9.